The van der Waals surface area contributed by atoms with Crippen LogP contribution in [0.4, 0.5) is 0 Å². The van der Waals surface area contributed by atoms with Gasteiger partial charge in [0.2, 0.25) is 11.8 Å². The highest BCUT2D eigenvalue weighted by atomic mass is 35.5. The molecule has 1 aliphatic heterocycles. The Morgan fingerprint density at radius 3 is 2.59 bits per heavy atom. The van der Waals surface area contributed by atoms with Gasteiger partial charge < -0.3 is 15.3 Å². The molecule has 0 spiro atoms. The van der Waals surface area contributed by atoms with Crippen molar-refractivity contribution >= 4 is 29.4 Å². The fourth-order valence-electron chi connectivity index (χ4n) is 3.37. The van der Waals surface area contributed by atoms with Crippen molar-refractivity contribution in [3.05, 3.63) is 70.2 Å². The highest BCUT2D eigenvalue weighted by Gasteiger charge is 2.39. The number of carboxylic acids is 1. The molecule has 2 aromatic rings. The van der Waals surface area contributed by atoms with Gasteiger partial charge in [-0.2, -0.15) is 0 Å². The second-order valence-corrected chi connectivity index (χ2v) is 7.00. The molecule has 1 aliphatic rings. The minimum absolute atomic E-state index is 0.0445. The standard InChI is InChI=1S/C20H19ClN2O4/c1-23-18(25)11-16(19(23)13-5-7-15(21)8-6-13)22-17(24)10-12-3-2-4-14(9-12)20(26)27/h2-9,16,19H,10-11H2,1H3,(H,22,24)(H,26,27). The van der Waals surface area contributed by atoms with Gasteiger partial charge in [-0.1, -0.05) is 35.9 Å². The topological polar surface area (TPSA) is 86.7 Å². The van der Waals surface area contributed by atoms with E-state index in [1.807, 2.05) is 12.1 Å². The van der Waals surface area contributed by atoms with Crippen LogP contribution >= 0.6 is 11.6 Å². The molecular formula is C20H19ClN2O4. The third-order valence-corrected chi connectivity index (χ3v) is 4.93. The zero-order valence-corrected chi connectivity index (χ0v) is 15.4. The van der Waals surface area contributed by atoms with E-state index in [0.29, 0.717) is 10.6 Å². The Kier molecular flexibility index (Phi) is 5.46. The summed E-state index contributed by atoms with van der Waals surface area (Å²) in [5.74, 6) is -1.35. The number of aromatic carboxylic acids is 1. The number of carbonyl (C=O) groups is 3. The number of rotatable bonds is 5. The molecule has 0 aromatic heterocycles. The van der Waals surface area contributed by atoms with Gasteiger partial charge in [-0.05, 0) is 35.4 Å². The molecule has 2 unspecified atom stereocenters. The van der Waals surface area contributed by atoms with E-state index in [1.54, 1.807) is 36.2 Å². The molecular weight excluding hydrogens is 368 g/mol. The largest absolute Gasteiger partial charge is 0.478 e. The smallest absolute Gasteiger partial charge is 0.335 e. The fraction of sp³-hybridized carbons (Fsp3) is 0.250. The molecule has 0 saturated carbocycles. The van der Waals surface area contributed by atoms with E-state index >= 15 is 0 Å². The van der Waals surface area contributed by atoms with E-state index in [9.17, 15) is 14.4 Å². The van der Waals surface area contributed by atoms with Gasteiger partial charge in [0.15, 0.2) is 0 Å². The summed E-state index contributed by atoms with van der Waals surface area (Å²) in [5, 5.41) is 12.6. The average Bonchev–Trinajstić information content (AvgIpc) is 2.89. The molecule has 140 valence electrons. The number of nitrogens with one attached hydrogen (secondary N) is 1. The van der Waals surface area contributed by atoms with E-state index in [4.69, 9.17) is 16.7 Å². The van der Waals surface area contributed by atoms with Gasteiger partial charge in [-0.25, -0.2) is 4.79 Å². The maximum atomic E-state index is 12.5. The minimum Gasteiger partial charge on any atom is -0.478 e. The van der Waals surface area contributed by atoms with Gasteiger partial charge in [0.05, 0.1) is 24.1 Å². The molecule has 2 aromatic carbocycles. The van der Waals surface area contributed by atoms with Gasteiger partial charge in [0.1, 0.15) is 0 Å². The first-order chi connectivity index (χ1) is 12.8. The van der Waals surface area contributed by atoms with Gasteiger partial charge in [-0.15, -0.1) is 0 Å². The van der Waals surface area contributed by atoms with Gasteiger partial charge >= 0.3 is 5.97 Å². The number of nitrogens with zero attached hydrogens (tertiary/aromatic N) is 1. The lowest BCUT2D eigenvalue weighted by molar-refractivity contribution is -0.127. The number of likely N-dealkylation sites (N-methyl/N-ethyl adjacent to an activating group) is 1. The first-order valence-electron chi connectivity index (χ1n) is 8.48. The zero-order chi connectivity index (χ0) is 19.6. The molecule has 6 nitrogen and oxygen atoms in total. The van der Waals surface area contributed by atoms with E-state index in [0.717, 1.165) is 5.56 Å². The number of amides is 2. The Balaban J connectivity index is 1.73. The molecule has 0 aliphatic carbocycles. The molecule has 27 heavy (non-hydrogen) atoms. The van der Waals surface area contributed by atoms with Crippen molar-refractivity contribution in [3.63, 3.8) is 0 Å². The lowest BCUT2D eigenvalue weighted by Gasteiger charge is -2.26. The first-order valence-corrected chi connectivity index (χ1v) is 8.85. The van der Waals surface area contributed by atoms with Gasteiger partial charge in [-0.3, -0.25) is 9.59 Å². The Labute approximate surface area is 161 Å². The van der Waals surface area contributed by atoms with Crippen LogP contribution in [0.25, 0.3) is 0 Å². The zero-order valence-electron chi connectivity index (χ0n) is 14.7. The van der Waals surface area contributed by atoms with Crippen LogP contribution in [0.5, 0.6) is 0 Å². The van der Waals surface area contributed by atoms with Crippen LogP contribution < -0.4 is 5.32 Å². The predicted molar refractivity (Wildman–Crippen MR) is 101 cm³/mol. The fourth-order valence-corrected chi connectivity index (χ4v) is 3.50. The molecule has 2 amide bonds. The van der Waals surface area contributed by atoms with Crippen molar-refractivity contribution in [2.75, 3.05) is 7.05 Å². The molecule has 3 rings (SSSR count). The van der Waals surface area contributed by atoms with Crippen LogP contribution in [0, 0.1) is 0 Å². The number of hydrogen-bond acceptors (Lipinski definition) is 3. The van der Waals surface area contributed by atoms with Crippen LogP contribution in [-0.2, 0) is 16.0 Å². The van der Waals surface area contributed by atoms with Crippen LogP contribution in [0.3, 0.4) is 0 Å². The number of likely N-dealkylation sites (tertiary alicyclic amines) is 1. The summed E-state index contributed by atoms with van der Waals surface area (Å²) >= 11 is 5.94. The molecule has 1 saturated heterocycles. The van der Waals surface area contributed by atoms with Crippen molar-refractivity contribution in [2.45, 2.75) is 24.9 Å². The highest BCUT2D eigenvalue weighted by molar-refractivity contribution is 6.30. The third-order valence-electron chi connectivity index (χ3n) is 4.68. The number of halogens is 1. The number of carboxylic acid groups (broad SMARTS) is 1. The maximum Gasteiger partial charge on any atom is 0.335 e. The molecule has 7 heteroatoms. The number of carbonyl (C=O) groups excluding carboxylic acids is 2. The monoisotopic (exact) mass is 386 g/mol. The summed E-state index contributed by atoms with van der Waals surface area (Å²) in [4.78, 5) is 37.3. The van der Waals surface area contributed by atoms with Crippen molar-refractivity contribution in [1.82, 2.24) is 10.2 Å². The Morgan fingerprint density at radius 2 is 1.93 bits per heavy atom. The van der Waals surface area contributed by atoms with E-state index in [1.165, 1.54) is 12.1 Å². The lowest BCUT2D eigenvalue weighted by atomic mass is 9.99. The summed E-state index contributed by atoms with van der Waals surface area (Å²) in [6.07, 6.45) is 0.258. The normalized spacial score (nSPS) is 19.2. The second kappa shape index (κ2) is 7.80. The van der Waals surface area contributed by atoms with Crippen molar-refractivity contribution in [2.24, 2.45) is 0 Å². The summed E-state index contributed by atoms with van der Waals surface area (Å²) in [7, 11) is 1.71. The lowest BCUT2D eigenvalue weighted by Crippen LogP contribution is -2.39. The predicted octanol–water partition coefficient (Wildman–Crippen LogP) is 2.67. The Morgan fingerprint density at radius 1 is 1.22 bits per heavy atom. The van der Waals surface area contributed by atoms with Crippen LogP contribution in [0.1, 0.15) is 33.9 Å². The van der Waals surface area contributed by atoms with Crippen LogP contribution in [-0.4, -0.2) is 40.9 Å². The van der Waals surface area contributed by atoms with Crippen LogP contribution in [0.15, 0.2) is 48.5 Å². The summed E-state index contributed by atoms with van der Waals surface area (Å²) < 4.78 is 0. The minimum atomic E-state index is -1.04. The average molecular weight is 387 g/mol. The maximum absolute atomic E-state index is 12.5. The van der Waals surface area contributed by atoms with Crippen LogP contribution in [0.2, 0.25) is 5.02 Å². The van der Waals surface area contributed by atoms with Crippen molar-refractivity contribution < 1.29 is 19.5 Å². The number of hydrogen-bond donors (Lipinski definition) is 2. The van der Waals surface area contributed by atoms with Crippen molar-refractivity contribution in [3.8, 4) is 0 Å². The molecule has 1 heterocycles. The second-order valence-electron chi connectivity index (χ2n) is 6.56. The van der Waals surface area contributed by atoms with Gasteiger partial charge in [0.25, 0.3) is 0 Å². The summed E-state index contributed by atoms with van der Waals surface area (Å²) in [5.41, 5.74) is 1.63. The molecule has 2 N–H and O–H groups in total. The number of benzene rings is 2. The summed E-state index contributed by atoms with van der Waals surface area (Å²) in [6, 6.07) is 12.8. The first kappa shape index (κ1) is 18.9. The quantitative estimate of drug-likeness (QED) is 0.827. The molecule has 1 fully saturated rings. The molecule has 2 atom stereocenters. The van der Waals surface area contributed by atoms with Gasteiger partial charge in [0, 0.05) is 18.5 Å². The Hall–Kier alpha value is -2.86. The van der Waals surface area contributed by atoms with E-state index in [-0.39, 0.29) is 42.3 Å². The third kappa shape index (κ3) is 4.28. The molecule has 0 radical (unpaired) electrons. The summed E-state index contributed by atoms with van der Waals surface area (Å²) in [6.45, 7) is 0. The van der Waals surface area contributed by atoms with Crippen molar-refractivity contribution in [1.29, 1.82) is 0 Å². The van der Waals surface area contributed by atoms with E-state index in [2.05, 4.69) is 5.32 Å². The molecule has 0 bridgehead atoms. The highest BCUT2D eigenvalue weighted by Crippen LogP contribution is 2.32. The SMILES string of the molecule is CN1C(=O)CC(NC(=O)Cc2cccc(C(=O)O)c2)C1c1ccc(Cl)cc1. The Bertz CT molecular complexity index is 882. The van der Waals surface area contributed by atoms with E-state index < -0.39 is 5.97 Å².